The first-order chi connectivity index (χ1) is 14.2. The lowest BCUT2D eigenvalue weighted by atomic mass is 9.93. The summed E-state index contributed by atoms with van der Waals surface area (Å²) in [6.07, 6.45) is 0. The van der Waals surface area contributed by atoms with E-state index in [2.05, 4.69) is 10.6 Å². The largest absolute Gasteiger partial charge is 0.508 e. The van der Waals surface area contributed by atoms with Gasteiger partial charge in [0, 0.05) is 5.57 Å². The first-order valence-electron chi connectivity index (χ1n) is 9.21. The van der Waals surface area contributed by atoms with Crippen LogP contribution in [-0.2, 0) is 0 Å². The SMILES string of the molecule is O=C1NC(c2ccccc2)=C(c2nc3ccccc3s2)[C@H](c2ccc(O)cc2)N1. The Balaban J connectivity index is 1.76. The molecule has 0 radical (unpaired) electrons. The van der Waals surface area contributed by atoms with E-state index in [9.17, 15) is 9.90 Å². The minimum absolute atomic E-state index is 0.183. The molecule has 29 heavy (non-hydrogen) atoms. The van der Waals surface area contributed by atoms with Gasteiger partial charge in [-0.3, -0.25) is 0 Å². The number of fused-ring (bicyclic) bond motifs is 1. The zero-order valence-corrected chi connectivity index (χ0v) is 16.1. The molecular weight excluding hydrogens is 382 g/mol. The molecule has 1 atom stereocenters. The van der Waals surface area contributed by atoms with Crippen molar-refractivity contribution in [2.75, 3.05) is 0 Å². The van der Waals surface area contributed by atoms with E-state index in [0.29, 0.717) is 0 Å². The van der Waals surface area contributed by atoms with Crippen LogP contribution in [0.4, 0.5) is 4.79 Å². The molecule has 1 aliphatic rings. The molecule has 5 rings (SSSR count). The summed E-state index contributed by atoms with van der Waals surface area (Å²) in [5.74, 6) is 0.183. The Hall–Kier alpha value is -3.64. The molecule has 4 aromatic rings. The standard InChI is InChI=1S/C23H17N3O2S/c27-16-12-10-15(11-13-16)21-19(22-24-17-8-4-5-9-18(17)29-22)20(25-23(28)26-21)14-6-2-1-3-7-14/h1-13,21,27H,(H2,25,26,28)/t21-/m0/s1. The molecule has 1 aromatic heterocycles. The van der Waals surface area contributed by atoms with Gasteiger partial charge in [0.05, 0.1) is 22.0 Å². The molecule has 0 unspecified atom stereocenters. The molecule has 142 valence electrons. The molecule has 0 aliphatic carbocycles. The number of nitrogens with one attached hydrogen (secondary N) is 2. The van der Waals surface area contributed by atoms with E-state index in [0.717, 1.165) is 37.6 Å². The molecule has 0 bridgehead atoms. The van der Waals surface area contributed by atoms with Crippen LogP contribution in [0.3, 0.4) is 0 Å². The highest BCUT2D eigenvalue weighted by Crippen LogP contribution is 2.41. The number of carbonyl (C=O) groups is 1. The summed E-state index contributed by atoms with van der Waals surface area (Å²) in [6, 6.07) is 24.0. The summed E-state index contributed by atoms with van der Waals surface area (Å²) < 4.78 is 1.09. The van der Waals surface area contributed by atoms with Gasteiger partial charge in [-0.05, 0) is 35.4 Å². The molecule has 0 saturated heterocycles. The number of nitrogens with zero attached hydrogens (tertiary/aromatic N) is 1. The van der Waals surface area contributed by atoms with Gasteiger partial charge >= 0.3 is 6.03 Å². The highest BCUT2D eigenvalue weighted by Gasteiger charge is 2.31. The number of urea groups is 1. The fourth-order valence-corrected chi connectivity index (χ4v) is 4.58. The van der Waals surface area contributed by atoms with Gasteiger partial charge in [-0.15, -0.1) is 11.3 Å². The summed E-state index contributed by atoms with van der Waals surface area (Å²) in [5.41, 5.74) is 4.36. The molecule has 1 aliphatic heterocycles. The Bertz CT molecular complexity index is 1200. The van der Waals surface area contributed by atoms with Crippen LogP contribution in [0.25, 0.3) is 21.5 Å². The summed E-state index contributed by atoms with van der Waals surface area (Å²) in [5, 5.41) is 16.5. The van der Waals surface area contributed by atoms with Gasteiger partial charge in [-0.25, -0.2) is 9.78 Å². The number of para-hydroxylation sites is 1. The van der Waals surface area contributed by atoms with Crippen molar-refractivity contribution in [3.8, 4) is 5.75 Å². The molecule has 0 fully saturated rings. The van der Waals surface area contributed by atoms with E-state index in [1.54, 1.807) is 23.5 Å². The first kappa shape index (κ1) is 17.5. The zero-order valence-electron chi connectivity index (χ0n) is 15.3. The van der Waals surface area contributed by atoms with Crippen molar-refractivity contribution < 1.29 is 9.90 Å². The molecule has 0 spiro atoms. The number of hydrogen-bond donors (Lipinski definition) is 3. The number of phenolic OH excluding ortho intramolecular Hbond substituents is 1. The molecule has 0 saturated carbocycles. The van der Waals surface area contributed by atoms with E-state index in [1.165, 1.54) is 0 Å². The van der Waals surface area contributed by atoms with Crippen LogP contribution < -0.4 is 10.6 Å². The van der Waals surface area contributed by atoms with Gasteiger partial charge < -0.3 is 15.7 Å². The zero-order chi connectivity index (χ0) is 19.8. The molecule has 2 heterocycles. The van der Waals surface area contributed by atoms with E-state index < -0.39 is 0 Å². The monoisotopic (exact) mass is 399 g/mol. The molecule has 2 amide bonds. The van der Waals surface area contributed by atoms with Crippen LogP contribution in [0.5, 0.6) is 5.75 Å². The van der Waals surface area contributed by atoms with Crippen LogP contribution in [0.2, 0.25) is 0 Å². The minimum Gasteiger partial charge on any atom is -0.508 e. The van der Waals surface area contributed by atoms with Crippen molar-refractivity contribution in [1.82, 2.24) is 15.6 Å². The second-order valence-corrected chi connectivity index (χ2v) is 7.80. The average Bonchev–Trinajstić information content (AvgIpc) is 3.18. The highest BCUT2D eigenvalue weighted by atomic mass is 32.1. The fourth-order valence-electron chi connectivity index (χ4n) is 3.53. The molecule has 3 N–H and O–H groups in total. The maximum absolute atomic E-state index is 12.5. The number of hydrogen-bond acceptors (Lipinski definition) is 4. The third-order valence-corrected chi connectivity index (χ3v) is 5.95. The van der Waals surface area contributed by atoms with E-state index in [1.807, 2.05) is 66.7 Å². The number of rotatable bonds is 3. The lowest BCUT2D eigenvalue weighted by Gasteiger charge is -2.30. The van der Waals surface area contributed by atoms with Gasteiger partial charge in [0.15, 0.2) is 0 Å². The van der Waals surface area contributed by atoms with E-state index in [4.69, 9.17) is 4.98 Å². The molecule has 3 aromatic carbocycles. The van der Waals surface area contributed by atoms with Crippen LogP contribution in [0.15, 0.2) is 78.9 Å². The number of thiazole rings is 1. The van der Waals surface area contributed by atoms with E-state index >= 15 is 0 Å². The van der Waals surface area contributed by atoms with Gasteiger partial charge in [-0.2, -0.15) is 0 Å². The molecule has 5 nitrogen and oxygen atoms in total. The number of benzene rings is 3. The normalized spacial score (nSPS) is 16.6. The second kappa shape index (κ2) is 7.07. The summed E-state index contributed by atoms with van der Waals surface area (Å²) in [4.78, 5) is 17.4. The minimum atomic E-state index is -0.389. The Morgan fingerprint density at radius 2 is 1.62 bits per heavy atom. The number of carbonyl (C=O) groups excluding carboxylic acids is 1. The Kier molecular flexibility index (Phi) is 4.26. The number of phenols is 1. The second-order valence-electron chi connectivity index (χ2n) is 6.76. The Morgan fingerprint density at radius 1 is 0.897 bits per heavy atom. The lowest BCUT2D eigenvalue weighted by Crippen LogP contribution is -2.42. The van der Waals surface area contributed by atoms with Crippen molar-refractivity contribution in [3.63, 3.8) is 0 Å². The summed E-state index contributed by atoms with van der Waals surface area (Å²) in [7, 11) is 0. The highest BCUT2D eigenvalue weighted by molar-refractivity contribution is 7.19. The number of aromatic hydroxyl groups is 1. The number of aromatic nitrogens is 1. The smallest absolute Gasteiger partial charge is 0.320 e. The van der Waals surface area contributed by atoms with E-state index in [-0.39, 0.29) is 17.8 Å². The van der Waals surface area contributed by atoms with Crippen LogP contribution in [0.1, 0.15) is 22.2 Å². The van der Waals surface area contributed by atoms with Gasteiger partial charge in [0.2, 0.25) is 0 Å². The maximum atomic E-state index is 12.5. The van der Waals surface area contributed by atoms with Gasteiger partial charge in [0.25, 0.3) is 0 Å². The summed E-state index contributed by atoms with van der Waals surface area (Å²) >= 11 is 1.60. The topological polar surface area (TPSA) is 74.2 Å². The average molecular weight is 399 g/mol. The maximum Gasteiger partial charge on any atom is 0.320 e. The van der Waals surface area contributed by atoms with Crippen molar-refractivity contribution in [3.05, 3.63) is 95.0 Å². The van der Waals surface area contributed by atoms with Crippen LogP contribution >= 0.6 is 11.3 Å². The quantitative estimate of drug-likeness (QED) is 0.458. The molecule has 6 heteroatoms. The van der Waals surface area contributed by atoms with Gasteiger partial charge in [-0.1, -0.05) is 54.6 Å². The van der Waals surface area contributed by atoms with Crippen molar-refractivity contribution >= 4 is 38.9 Å². The van der Waals surface area contributed by atoms with Gasteiger partial charge in [0.1, 0.15) is 10.8 Å². The predicted octanol–water partition coefficient (Wildman–Crippen LogP) is 4.92. The fraction of sp³-hybridized carbons (Fsp3) is 0.0435. The lowest BCUT2D eigenvalue weighted by molar-refractivity contribution is 0.242. The predicted molar refractivity (Wildman–Crippen MR) is 115 cm³/mol. The summed E-state index contributed by atoms with van der Waals surface area (Å²) in [6.45, 7) is 0. The third kappa shape index (κ3) is 3.23. The van der Waals surface area contributed by atoms with Crippen molar-refractivity contribution in [2.45, 2.75) is 6.04 Å². The van der Waals surface area contributed by atoms with Crippen molar-refractivity contribution in [2.24, 2.45) is 0 Å². The Labute approximate surface area is 171 Å². The number of amides is 2. The van der Waals surface area contributed by atoms with Crippen LogP contribution in [-0.4, -0.2) is 16.1 Å². The van der Waals surface area contributed by atoms with Crippen LogP contribution in [0, 0.1) is 0 Å². The third-order valence-electron chi connectivity index (χ3n) is 4.89. The van der Waals surface area contributed by atoms with Crippen molar-refractivity contribution in [1.29, 1.82) is 0 Å². The Morgan fingerprint density at radius 3 is 2.38 bits per heavy atom. The molecular formula is C23H17N3O2S. The first-order valence-corrected chi connectivity index (χ1v) is 10.0.